The average molecular weight is 212 g/mol. The Bertz CT molecular complexity index is 194. The van der Waals surface area contributed by atoms with Gasteiger partial charge < -0.3 is 0 Å². The molecule has 0 heterocycles. The second-order valence-electron chi connectivity index (χ2n) is 6.44. The summed E-state index contributed by atoms with van der Waals surface area (Å²) < 4.78 is 2.16. The predicted molar refractivity (Wildman–Crippen MR) is 69.8 cm³/mol. The van der Waals surface area contributed by atoms with Crippen LogP contribution in [-0.2, 0) is 0 Å². The van der Waals surface area contributed by atoms with Gasteiger partial charge in [0.15, 0.2) is 0 Å². The van der Waals surface area contributed by atoms with Crippen molar-refractivity contribution in [2.24, 2.45) is 17.3 Å². The van der Waals surface area contributed by atoms with Crippen molar-refractivity contribution in [3.05, 3.63) is 0 Å². The van der Waals surface area contributed by atoms with Gasteiger partial charge in [0.1, 0.15) is 20.3 Å². The Kier molecular flexibility index (Phi) is 6.16. The first-order valence-corrected chi connectivity index (χ1v) is 6.22. The van der Waals surface area contributed by atoms with E-state index in [1.807, 2.05) is 0 Å². The molecule has 0 saturated heterocycles. The van der Waals surface area contributed by atoms with E-state index in [4.69, 9.17) is 0 Å². The van der Waals surface area contributed by atoms with Crippen molar-refractivity contribution in [1.82, 2.24) is 0 Å². The van der Waals surface area contributed by atoms with Crippen LogP contribution in [0.5, 0.6) is 0 Å². The molecule has 0 spiro atoms. The number of rotatable bonds is 5. The van der Waals surface area contributed by atoms with Crippen LogP contribution in [0.2, 0.25) is 0 Å². The summed E-state index contributed by atoms with van der Waals surface area (Å²) in [4.78, 5) is 0. The second kappa shape index (κ2) is 6.30. The van der Waals surface area contributed by atoms with Gasteiger partial charge in [-0.3, -0.25) is 0 Å². The highest BCUT2D eigenvalue weighted by Gasteiger charge is 2.16. The maximum absolute atomic E-state index is 2.39. The van der Waals surface area contributed by atoms with E-state index in [1.54, 1.807) is 0 Å². The van der Waals surface area contributed by atoms with E-state index in [2.05, 4.69) is 59.5 Å². The lowest BCUT2D eigenvalue weighted by atomic mass is 9.82. The fraction of sp³-hybridized carbons (Fsp3) is 0.929. The third-order valence-corrected chi connectivity index (χ3v) is 3.16. The van der Waals surface area contributed by atoms with Crippen molar-refractivity contribution in [2.75, 3.05) is 14.1 Å². The van der Waals surface area contributed by atoms with Gasteiger partial charge in [-0.15, -0.1) is 0 Å². The monoisotopic (exact) mass is 212 g/mol. The molecule has 1 nitrogen and oxygen atoms in total. The average Bonchev–Trinajstić information content (AvgIpc) is 2.08. The van der Waals surface area contributed by atoms with Gasteiger partial charge >= 0.3 is 0 Å². The van der Waals surface area contributed by atoms with E-state index in [0.717, 1.165) is 11.8 Å². The minimum absolute atomic E-state index is 0.485. The molecule has 0 aromatic heterocycles. The standard InChI is InChI=1S/C14H30N/c1-12(8-10-14(3,4)5)13(2)9-11-15(6)7/h11-13H,8-10H2,1-7H3/q+1. The van der Waals surface area contributed by atoms with Crippen molar-refractivity contribution in [3.63, 3.8) is 0 Å². The number of nitrogens with zero attached hydrogens (tertiary/aromatic N) is 1. The largest absolute Gasteiger partial charge is 0.245 e. The molecule has 0 amide bonds. The van der Waals surface area contributed by atoms with E-state index < -0.39 is 0 Å². The van der Waals surface area contributed by atoms with Crippen molar-refractivity contribution < 1.29 is 4.58 Å². The van der Waals surface area contributed by atoms with Crippen molar-refractivity contribution in [2.45, 2.75) is 53.9 Å². The molecule has 1 heteroatoms. The first-order valence-electron chi connectivity index (χ1n) is 6.22. The molecule has 0 rings (SSSR count). The maximum Gasteiger partial charge on any atom is 0.139 e. The fourth-order valence-corrected chi connectivity index (χ4v) is 1.55. The third kappa shape index (κ3) is 8.65. The van der Waals surface area contributed by atoms with Crippen LogP contribution in [-0.4, -0.2) is 24.9 Å². The minimum atomic E-state index is 0.485. The molecule has 0 aliphatic heterocycles. The van der Waals surface area contributed by atoms with Crippen molar-refractivity contribution in [1.29, 1.82) is 0 Å². The maximum atomic E-state index is 2.39. The molecule has 0 radical (unpaired) electrons. The molecule has 0 bridgehead atoms. The summed E-state index contributed by atoms with van der Waals surface area (Å²) in [5.74, 6) is 1.63. The minimum Gasteiger partial charge on any atom is -0.245 e. The second-order valence-corrected chi connectivity index (χ2v) is 6.44. The Hall–Kier alpha value is -0.330. The zero-order valence-electron chi connectivity index (χ0n) is 11.8. The SMILES string of the molecule is CC(CC=[N+](C)C)C(C)CCC(C)(C)C. The smallest absolute Gasteiger partial charge is 0.139 e. The molecule has 0 aliphatic carbocycles. The summed E-state index contributed by atoms with van der Waals surface area (Å²) in [5, 5.41) is 0. The summed E-state index contributed by atoms with van der Waals surface area (Å²) in [6.07, 6.45) is 6.18. The van der Waals surface area contributed by atoms with Crippen LogP contribution in [0.4, 0.5) is 0 Å². The summed E-state index contributed by atoms with van der Waals surface area (Å²) >= 11 is 0. The Balaban J connectivity index is 3.89. The quantitative estimate of drug-likeness (QED) is 0.481. The first kappa shape index (κ1) is 14.7. The van der Waals surface area contributed by atoms with Gasteiger partial charge in [-0.25, -0.2) is 4.58 Å². The highest BCUT2D eigenvalue weighted by atomic mass is 14.9. The van der Waals surface area contributed by atoms with E-state index in [1.165, 1.54) is 19.3 Å². The van der Waals surface area contributed by atoms with Gasteiger partial charge in [0, 0.05) is 6.42 Å². The Labute approximate surface area is 96.6 Å². The zero-order chi connectivity index (χ0) is 12.1. The molecule has 0 aromatic carbocycles. The van der Waals surface area contributed by atoms with E-state index in [-0.39, 0.29) is 0 Å². The zero-order valence-corrected chi connectivity index (χ0v) is 11.8. The lowest BCUT2D eigenvalue weighted by Crippen LogP contribution is -2.14. The van der Waals surface area contributed by atoms with Crippen LogP contribution in [0.3, 0.4) is 0 Å². The predicted octanol–water partition coefficient (Wildman–Crippen LogP) is 3.82. The first-order chi connectivity index (χ1) is 6.72. The lowest BCUT2D eigenvalue weighted by molar-refractivity contribution is -0.460. The van der Waals surface area contributed by atoms with E-state index in [9.17, 15) is 0 Å². The topological polar surface area (TPSA) is 3.01 Å². The van der Waals surface area contributed by atoms with Gasteiger partial charge in [-0.05, 0) is 30.1 Å². The molecule has 0 fully saturated rings. The molecule has 90 valence electrons. The third-order valence-electron chi connectivity index (χ3n) is 3.16. The van der Waals surface area contributed by atoms with Gasteiger partial charge in [-0.2, -0.15) is 0 Å². The number of hydrogen-bond acceptors (Lipinski definition) is 0. The molecular weight excluding hydrogens is 182 g/mol. The normalized spacial score (nSPS) is 15.9. The van der Waals surface area contributed by atoms with Crippen LogP contribution in [0.1, 0.15) is 53.9 Å². The van der Waals surface area contributed by atoms with Crippen LogP contribution in [0, 0.1) is 17.3 Å². The summed E-state index contributed by atoms with van der Waals surface area (Å²) in [7, 11) is 4.21. The van der Waals surface area contributed by atoms with Crippen LogP contribution < -0.4 is 0 Å². The molecule has 0 N–H and O–H groups in total. The fourth-order valence-electron chi connectivity index (χ4n) is 1.55. The molecule has 2 unspecified atom stereocenters. The van der Waals surface area contributed by atoms with Crippen LogP contribution >= 0.6 is 0 Å². The molecule has 15 heavy (non-hydrogen) atoms. The molecule has 2 atom stereocenters. The van der Waals surface area contributed by atoms with Crippen LogP contribution in [0.25, 0.3) is 0 Å². The van der Waals surface area contributed by atoms with E-state index >= 15 is 0 Å². The summed E-state index contributed by atoms with van der Waals surface area (Å²) in [5.41, 5.74) is 0.485. The Morgan fingerprint density at radius 1 is 1.07 bits per heavy atom. The van der Waals surface area contributed by atoms with Crippen molar-refractivity contribution in [3.8, 4) is 0 Å². The summed E-state index contributed by atoms with van der Waals surface area (Å²) in [6.45, 7) is 11.7. The molecule has 0 aromatic rings. The van der Waals surface area contributed by atoms with Crippen molar-refractivity contribution >= 4 is 6.21 Å². The Morgan fingerprint density at radius 3 is 2.00 bits per heavy atom. The molecular formula is C14H30N+. The molecule has 0 aliphatic rings. The molecule has 0 saturated carbocycles. The Morgan fingerprint density at radius 2 is 1.60 bits per heavy atom. The summed E-state index contributed by atoms with van der Waals surface area (Å²) in [6, 6.07) is 0. The van der Waals surface area contributed by atoms with Gasteiger partial charge in [-0.1, -0.05) is 34.6 Å². The van der Waals surface area contributed by atoms with E-state index in [0.29, 0.717) is 5.41 Å². The van der Waals surface area contributed by atoms with Gasteiger partial charge in [0.2, 0.25) is 0 Å². The highest BCUT2D eigenvalue weighted by Crippen LogP contribution is 2.27. The van der Waals surface area contributed by atoms with Gasteiger partial charge in [0.05, 0.1) is 0 Å². The van der Waals surface area contributed by atoms with Gasteiger partial charge in [0.25, 0.3) is 0 Å². The lowest BCUT2D eigenvalue weighted by Gasteiger charge is -2.23. The number of hydrogen-bond donors (Lipinski definition) is 0. The highest BCUT2D eigenvalue weighted by molar-refractivity contribution is 5.51. The van der Waals surface area contributed by atoms with Crippen LogP contribution in [0.15, 0.2) is 0 Å².